The third kappa shape index (κ3) is 1.98. The van der Waals surface area contributed by atoms with E-state index in [1.165, 1.54) is 0 Å². The van der Waals surface area contributed by atoms with Gasteiger partial charge in [-0.1, -0.05) is 6.92 Å². The lowest BCUT2D eigenvalue weighted by atomic mass is 9.70. The third-order valence-electron chi connectivity index (χ3n) is 4.50. The summed E-state index contributed by atoms with van der Waals surface area (Å²) in [6, 6.07) is 0. The van der Waals surface area contributed by atoms with Crippen LogP contribution in [0.2, 0.25) is 0 Å². The van der Waals surface area contributed by atoms with Crippen molar-refractivity contribution in [2.45, 2.75) is 38.0 Å². The molecule has 2 aromatic heterocycles. The third-order valence-corrected chi connectivity index (χ3v) is 4.50. The van der Waals surface area contributed by atoms with Crippen LogP contribution in [0.3, 0.4) is 0 Å². The van der Waals surface area contributed by atoms with Gasteiger partial charge in [-0.2, -0.15) is 4.98 Å². The summed E-state index contributed by atoms with van der Waals surface area (Å²) in [5.41, 5.74) is 11.8. The van der Waals surface area contributed by atoms with Crippen molar-refractivity contribution in [3.05, 3.63) is 16.2 Å². The number of aromatic nitrogens is 4. The van der Waals surface area contributed by atoms with Crippen molar-refractivity contribution in [1.82, 2.24) is 19.9 Å². The number of imidazole rings is 1. The Labute approximate surface area is 116 Å². The number of nitrogens with one attached hydrogen (secondary N) is 2. The molecule has 0 aromatic carbocycles. The second-order valence-electron chi connectivity index (χ2n) is 5.90. The standard InChI is InChI=1S/C13H20N6O/c1-7-2-4-13(6-14,5-3-7)11-16-8-9(17-11)18-12(15)19-10(8)20/h7H,2-6,14H2,1H3,(H4,15,16,17,18,19,20). The van der Waals surface area contributed by atoms with Gasteiger partial charge >= 0.3 is 0 Å². The van der Waals surface area contributed by atoms with Crippen molar-refractivity contribution < 1.29 is 0 Å². The number of nitrogens with zero attached hydrogens (tertiary/aromatic N) is 2. The monoisotopic (exact) mass is 276 g/mol. The smallest absolute Gasteiger partial charge is 0.278 e. The van der Waals surface area contributed by atoms with Gasteiger partial charge in [0, 0.05) is 12.0 Å². The molecule has 2 heterocycles. The average Bonchev–Trinajstić information content (AvgIpc) is 2.85. The fourth-order valence-electron chi connectivity index (χ4n) is 3.03. The molecule has 1 saturated carbocycles. The topological polar surface area (TPSA) is 126 Å². The molecule has 0 atom stereocenters. The molecule has 7 heteroatoms. The van der Waals surface area contributed by atoms with Crippen molar-refractivity contribution in [1.29, 1.82) is 0 Å². The van der Waals surface area contributed by atoms with Crippen molar-refractivity contribution in [2.75, 3.05) is 12.3 Å². The number of fused-ring (bicyclic) bond motifs is 1. The van der Waals surface area contributed by atoms with E-state index in [-0.39, 0.29) is 16.9 Å². The first-order valence-electron chi connectivity index (χ1n) is 7.00. The van der Waals surface area contributed by atoms with Crippen LogP contribution in [0.5, 0.6) is 0 Å². The molecule has 0 bridgehead atoms. The molecule has 1 aliphatic carbocycles. The van der Waals surface area contributed by atoms with Gasteiger partial charge in [-0.3, -0.25) is 9.78 Å². The Morgan fingerprint density at radius 2 is 2.00 bits per heavy atom. The summed E-state index contributed by atoms with van der Waals surface area (Å²) in [7, 11) is 0. The van der Waals surface area contributed by atoms with Gasteiger partial charge in [0.05, 0.1) is 0 Å². The summed E-state index contributed by atoms with van der Waals surface area (Å²) in [5.74, 6) is 1.57. The molecule has 0 spiro atoms. The number of hydrogen-bond donors (Lipinski definition) is 4. The average molecular weight is 276 g/mol. The Hall–Kier alpha value is -1.89. The van der Waals surface area contributed by atoms with E-state index in [0.29, 0.717) is 17.7 Å². The van der Waals surface area contributed by atoms with Crippen molar-refractivity contribution in [3.63, 3.8) is 0 Å². The maximum atomic E-state index is 11.9. The lowest BCUT2D eigenvalue weighted by Gasteiger charge is -2.36. The first-order valence-corrected chi connectivity index (χ1v) is 7.00. The zero-order valence-electron chi connectivity index (χ0n) is 11.6. The zero-order chi connectivity index (χ0) is 14.3. The minimum Gasteiger partial charge on any atom is -0.369 e. The van der Waals surface area contributed by atoms with Crippen LogP contribution < -0.4 is 17.0 Å². The number of nitrogen functional groups attached to an aromatic ring is 1. The number of H-pyrrole nitrogens is 2. The van der Waals surface area contributed by atoms with Crippen LogP contribution in [0.25, 0.3) is 11.2 Å². The first kappa shape index (κ1) is 13.1. The zero-order valence-corrected chi connectivity index (χ0v) is 11.6. The predicted octanol–water partition coefficient (Wildman–Crippen LogP) is 0.635. The van der Waals surface area contributed by atoms with Gasteiger partial charge < -0.3 is 16.5 Å². The highest BCUT2D eigenvalue weighted by molar-refractivity contribution is 5.70. The number of aromatic amines is 2. The van der Waals surface area contributed by atoms with E-state index in [1.807, 2.05) is 0 Å². The molecule has 0 radical (unpaired) electrons. The normalized spacial score (nSPS) is 27.0. The van der Waals surface area contributed by atoms with Crippen LogP contribution in [-0.2, 0) is 5.41 Å². The van der Waals surface area contributed by atoms with Gasteiger partial charge in [0.15, 0.2) is 11.2 Å². The quantitative estimate of drug-likeness (QED) is 0.640. The number of hydrogen-bond acceptors (Lipinski definition) is 5. The second-order valence-corrected chi connectivity index (χ2v) is 5.90. The molecule has 0 saturated heterocycles. The van der Waals surface area contributed by atoms with E-state index in [0.717, 1.165) is 37.4 Å². The highest BCUT2D eigenvalue weighted by Crippen LogP contribution is 2.39. The number of rotatable bonds is 2. The summed E-state index contributed by atoms with van der Waals surface area (Å²) < 4.78 is 0. The molecule has 1 fully saturated rings. The Morgan fingerprint density at radius 1 is 1.30 bits per heavy atom. The molecule has 2 aromatic rings. The molecule has 0 unspecified atom stereocenters. The van der Waals surface area contributed by atoms with Crippen molar-refractivity contribution in [2.24, 2.45) is 11.7 Å². The summed E-state index contributed by atoms with van der Waals surface area (Å²) >= 11 is 0. The molecule has 0 aliphatic heterocycles. The van der Waals surface area contributed by atoms with E-state index >= 15 is 0 Å². The van der Waals surface area contributed by atoms with E-state index in [1.54, 1.807) is 0 Å². The Balaban J connectivity index is 2.09. The maximum Gasteiger partial charge on any atom is 0.278 e. The van der Waals surface area contributed by atoms with Crippen LogP contribution in [0, 0.1) is 5.92 Å². The van der Waals surface area contributed by atoms with E-state index in [2.05, 4.69) is 26.9 Å². The molecule has 1 aliphatic rings. The minimum atomic E-state index is -0.289. The summed E-state index contributed by atoms with van der Waals surface area (Å²) in [6.45, 7) is 2.78. The van der Waals surface area contributed by atoms with Crippen LogP contribution in [-0.4, -0.2) is 26.5 Å². The molecular formula is C13H20N6O. The second kappa shape index (κ2) is 4.59. The van der Waals surface area contributed by atoms with Gasteiger partial charge in [0.25, 0.3) is 5.56 Å². The summed E-state index contributed by atoms with van der Waals surface area (Å²) in [6.07, 6.45) is 4.22. The predicted molar refractivity (Wildman–Crippen MR) is 77.3 cm³/mol. The Morgan fingerprint density at radius 3 is 2.65 bits per heavy atom. The molecule has 108 valence electrons. The van der Waals surface area contributed by atoms with Gasteiger partial charge in [0.1, 0.15) is 5.82 Å². The molecular weight excluding hydrogens is 256 g/mol. The molecule has 7 nitrogen and oxygen atoms in total. The van der Waals surface area contributed by atoms with E-state index in [4.69, 9.17) is 11.5 Å². The summed E-state index contributed by atoms with van der Waals surface area (Å²) in [4.78, 5) is 26.0. The lowest BCUT2D eigenvalue weighted by molar-refractivity contribution is 0.238. The molecule has 6 N–H and O–H groups in total. The maximum absolute atomic E-state index is 11.9. The number of anilines is 1. The van der Waals surface area contributed by atoms with Gasteiger partial charge in [-0.15, -0.1) is 0 Å². The molecule has 3 rings (SSSR count). The van der Waals surface area contributed by atoms with E-state index in [9.17, 15) is 4.79 Å². The number of nitrogens with two attached hydrogens (primary N) is 2. The first-order chi connectivity index (χ1) is 9.54. The minimum absolute atomic E-state index is 0.0830. The van der Waals surface area contributed by atoms with Gasteiger partial charge in [0.2, 0.25) is 5.95 Å². The Kier molecular flexibility index (Phi) is 3.01. The van der Waals surface area contributed by atoms with Crippen LogP contribution in [0.4, 0.5) is 5.95 Å². The lowest BCUT2D eigenvalue weighted by Crippen LogP contribution is -2.39. The van der Waals surface area contributed by atoms with Gasteiger partial charge in [-0.05, 0) is 31.6 Å². The van der Waals surface area contributed by atoms with Gasteiger partial charge in [-0.25, -0.2) is 4.98 Å². The van der Waals surface area contributed by atoms with Crippen molar-refractivity contribution in [3.8, 4) is 0 Å². The SMILES string of the molecule is CC1CCC(CN)(c2nc3nc(N)[nH]c(=O)c3[nH]2)CC1. The van der Waals surface area contributed by atoms with Crippen LogP contribution >= 0.6 is 0 Å². The molecule has 20 heavy (non-hydrogen) atoms. The van der Waals surface area contributed by atoms with E-state index < -0.39 is 0 Å². The van der Waals surface area contributed by atoms with Crippen LogP contribution in [0.15, 0.2) is 4.79 Å². The van der Waals surface area contributed by atoms with Crippen LogP contribution in [0.1, 0.15) is 38.4 Å². The largest absolute Gasteiger partial charge is 0.369 e. The highest BCUT2D eigenvalue weighted by atomic mass is 16.1. The fraction of sp³-hybridized carbons (Fsp3) is 0.615. The molecule has 0 amide bonds. The van der Waals surface area contributed by atoms with Crippen molar-refractivity contribution >= 4 is 17.1 Å². The highest BCUT2D eigenvalue weighted by Gasteiger charge is 2.37. The Bertz CT molecular complexity index is 680. The fourth-order valence-corrected chi connectivity index (χ4v) is 3.03. The summed E-state index contributed by atoms with van der Waals surface area (Å²) in [5, 5.41) is 0.